The molecule has 2 aromatic rings. The largest absolute Gasteiger partial charge is 0.398 e. The van der Waals surface area contributed by atoms with Crippen molar-refractivity contribution in [2.75, 3.05) is 30.0 Å². The zero-order valence-corrected chi connectivity index (χ0v) is 12.9. The number of anilines is 3. The second kappa shape index (κ2) is 5.87. The van der Waals surface area contributed by atoms with Crippen molar-refractivity contribution in [2.24, 2.45) is 0 Å². The van der Waals surface area contributed by atoms with Gasteiger partial charge in [-0.15, -0.1) is 0 Å². The number of nitrogens with zero attached hydrogens (tertiary/aromatic N) is 1. The summed E-state index contributed by atoms with van der Waals surface area (Å²) >= 11 is 0. The molecule has 0 radical (unpaired) electrons. The minimum Gasteiger partial charge on any atom is -0.398 e. The van der Waals surface area contributed by atoms with Crippen LogP contribution in [-0.4, -0.2) is 20.0 Å². The van der Waals surface area contributed by atoms with E-state index >= 15 is 0 Å². The molecular weight excluding hydrogens is 262 g/mol. The summed E-state index contributed by atoms with van der Waals surface area (Å²) in [6.45, 7) is 3.93. The van der Waals surface area contributed by atoms with E-state index in [2.05, 4.69) is 5.32 Å². The van der Waals surface area contributed by atoms with E-state index in [4.69, 9.17) is 5.73 Å². The van der Waals surface area contributed by atoms with Gasteiger partial charge in [0, 0.05) is 31.2 Å². The number of hydrogen-bond donors (Lipinski definition) is 2. The third kappa shape index (κ3) is 3.16. The standard InChI is InChI=1S/C17H21N3O/c1-11-8-9-13(10-15(11)20(3)4)19-17(21)14-7-5-6-12(2)16(14)18/h5-10H,18H2,1-4H3,(H,19,21). The van der Waals surface area contributed by atoms with E-state index in [0.717, 1.165) is 22.5 Å². The topological polar surface area (TPSA) is 58.4 Å². The van der Waals surface area contributed by atoms with Gasteiger partial charge in [0.05, 0.1) is 5.56 Å². The number of carbonyl (C=O) groups is 1. The van der Waals surface area contributed by atoms with Gasteiger partial charge in [-0.05, 0) is 43.2 Å². The van der Waals surface area contributed by atoms with E-state index in [9.17, 15) is 4.79 Å². The fourth-order valence-electron chi connectivity index (χ4n) is 2.25. The van der Waals surface area contributed by atoms with Gasteiger partial charge in [0.15, 0.2) is 0 Å². The Hall–Kier alpha value is -2.49. The lowest BCUT2D eigenvalue weighted by Gasteiger charge is -2.17. The van der Waals surface area contributed by atoms with Crippen molar-refractivity contribution in [2.45, 2.75) is 13.8 Å². The monoisotopic (exact) mass is 283 g/mol. The summed E-state index contributed by atoms with van der Waals surface area (Å²) in [6.07, 6.45) is 0. The Kier molecular flexibility index (Phi) is 4.17. The molecule has 0 saturated carbocycles. The van der Waals surface area contributed by atoms with Gasteiger partial charge < -0.3 is 16.0 Å². The lowest BCUT2D eigenvalue weighted by Crippen LogP contribution is -2.16. The second-order valence-electron chi connectivity index (χ2n) is 5.39. The number of benzene rings is 2. The third-order valence-electron chi connectivity index (χ3n) is 3.52. The van der Waals surface area contributed by atoms with E-state index in [0.29, 0.717) is 11.3 Å². The number of para-hydroxylation sites is 1. The molecule has 2 rings (SSSR count). The maximum atomic E-state index is 12.3. The highest BCUT2D eigenvalue weighted by Gasteiger charge is 2.12. The fourth-order valence-corrected chi connectivity index (χ4v) is 2.25. The quantitative estimate of drug-likeness (QED) is 0.850. The van der Waals surface area contributed by atoms with Crippen LogP contribution in [0.15, 0.2) is 36.4 Å². The summed E-state index contributed by atoms with van der Waals surface area (Å²) in [7, 11) is 3.96. The molecule has 0 bridgehead atoms. The first-order chi connectivity index (χ1) is 9.90. The van der Waals surface area contributed by atoms with Gasteiger partial charge >= 0.3 is 0 Å². The predicted octanol–water partition coefficient (Wildman–Crippen LogP) is 3.20. The van der Waals surface area contributed by atoms with Crippen molar-refractivity contribution in [3.8, 4) is 0 Å². The third-order valence-corrected chi connectivity index (χ3v) is 3.52. The number of amides is 1. The van der Waals surface area contributed by atoms with Gasteiger partial charge in [0.2, 0.25) is 0 Å². The van der Waals surface area contributed by atoms with Crippen LogP contribution in [-0.2, 0) is 0 Å². The van der Waals surface area contributed by atoms with Crippen LogP contribution in [0.1, 0.15) is 21.5 Å². The Morgan fingerprint density at radius 3 is 2.48 bits per heavy atom. The first kappa shape index (κ1) is 14.9. The van der Waals surface area contributed by atoms with Gasteiger partial charge in [0.25, 0.3) is 5.91 Å². The van der Waals surface area contributed by atoms with Crippen LogP contribution in [0.5, 0.6) is 0 Å². The van der Waals surface area contributed by atoms with Crippen LogP contribution in [0.2, 0.25) is 0 Å². The highest BCUT2D eigenvalue weighted by atomic mass is 16.1. The number of hydrogen-bond acceptors (Lipinski definition) is 3. The van der Waals surface area contributed by atoms with Crippen LogP contribution in [0.25, 0.3) is 0 Å². The van der Waals surface area contributed by atoms with Crippen LogP contribution in [0.4, 0.5) is 17.1 Å². The lowest BCUT2D eigenvalue weighted by molar-refractivity contribution is 0.102. The second-order valence-corrected chi connectivity index (χ2v) is 5.39. The molecule has 0 fully saturated rings. The molecule has 21 heavy (non-hydrogen) atoms. The smallest absolute Gasteiger partial charge is 0.257 e. The van der Waals surface area contributed by atoms with Crippen molar-refractivity contribution in [1.82, 2.24) is 0 Å². The maximum absolute atomic E-state index is 12.3. The Morgan fingerprint density at radius 1 is 1.10 bits per heavy atom. The summed E-state index contributed by atoms with van der Waals surface area (Å²) in [4.78, 5) is 14.4. The molecular formula is C17H21N3O. The van der Waals surface area contributed by atoms with Crippen LogP contribution < -0.4 is 16.0 Å². The Morgan fingerprint density at radius 2 is 1.81 bits per heavy atom. The zero-order chi connectivity index (χ0) is 15.6. The molecule has 110 valence electrons. The molecule has 0 unspecified atom stereocenters. The molecule has 0 spiro atoms. The summed E-state index contributed by atoms with van der Waals surface area (Å²) in [5.41, 5.74) is 10.9. The highest BCUT2D eigenvalue weighted by molar-refractivity contribution is 6.08. The van der Waals surface area contributed by atoms with E-state index in [1.54, 1.807) is 6.07 Å². The van der Waals surface area contributed by atoms with E-state index in [1.165, 1.54) is 0 Å². The number of carbonyl (C=O) groups excluding carboxylic acids is 1. The first-order valence-electron chi connectivity index (χ1n) is 6.84. The molecule has 0 aliphatic rings. The molecule has 0 heterocycles. The van der Waals surface area contributed by atoms with Crippen molar-refractivity contribution < 1.29 is 4.79 Å². The maximum Gasteiger partial charge on any atom is 0.257 e. The average molecular weight is 283 g/mol. The molecule has 2 aromatic carbocycles. The van der Waals surface area contributed by atoms with Gasteiger partial charge in [-0.3, -0.25) is 4.79 Å². The van der Waals surface area contributed by atoms with E-state index in [-0.39, 0.29) is 5.91 Å². The van der Waals surface area contributed by atoms with Crippen molar-refractivity contribution in [1.29, 1.82) is 0 Å². The van der Waals surface area contributed by atoms with Crippen molar-refractivity contribution in [3.05, 3.63) is 53.1 Å². The normalized spacial score (nSPS) is 10.3. The Bertz CT molecular complexity index is 678. The van der Waals surface area contributed by atoms with Gasteiger partial charge in [0.1, 0.15) is 0 Å². The SMILES string of the molecule is Cc1ccc(NC(=O)c2cccc(C)c2N)cc1N(C)C. The number of nitrogens with two attached hydrogens (primary N) is 1. The fraction of sp³-hybridized carbons (Fsp3) is 0.235. The lowest BCUT2D eigenvalue weighted by atomic mass is 10.1. The van der Waals surface area contributed by atoms with Crippen LogP contribution in [0.3, 0.4) is 0 Å². The Balaban J connectivity index is 2.28. The molecule has 0 aromatic heterocycles. The summed E-state index contributed by atoms with van der Waals surface area (Å²) in [5, 5.41) is 2.90. The number of nitrogen functional groups attached to an aromatic ring is 1. The molecule has 0 saturated heterocycles. The average Bonchev–Trinajstić information content (AvgIpc) is 2.43. The molecule has 4 heteroatoms. The van der Waals surface area contributed by atoms with Crippen molar-refractivity contribution in [3.63, 3.8) is 0 Å². The minimum absolute atomic E-state index is 0.190. The predicted molar refractivity (Wildman–Crippen MR) is 89.1 cm³/mol. The molecule has 4 nitrogen and oxygen atoms in total. The Labute approximate surface area is 125 Å². The van der Waals surface area contributed by atoms with Gasteiger partial charge in [-0.1, -0.05) is 18.2 Å². The van der Waals surface area contributed by atoms with Crippen LogP contribution >= 0.6 is 0 Å². The summed E-state index contributed by atoms with van der Waals surface area (Å²) < 4.78 is 0. The number of aryl methyl sites for hydroxylation is 2. The zero-order valence-electron chi connectivity index (χ0n) is 12.9. The van der Waals surface area contributed by atoms with Crippen molar-refractivity contribution >= 4 is 23.0 Å². The van der Waals surface area contributed by atoms with E-state index in [1.807, 2.05) is 63.2 Å². The summed E-state index contributed by atoms with van der Waals surface area (Å²) in [6, 6.07) is 11.3. The number of rotatable bonds is 3. The van der Waals surface area contributed by atoms with Gasteiger partial charge in [-0.2, -0.15) is 0 Å². The molecule has 0 aliphatic carbocycles. The van der Waals surface area contributed by atoms with Crippen LogP contribution in [0, 0.1) is 13.8 Å². The highest BCUT2D eigenvalue weighted by Crippen LogP contribution is 2.24. The molecule has 0 aliphatic heterocycles. The first-order valence-corrected chi connectivity index (χ1v) is 6.84. The molecule has 0 atom stereocenters. The summed E-state index contributed by atoms with van der Waals surface area (Å²) in [5.74, 6) is -0.190. The van der Waals surface area contributed by atoms with E-state index < -0.39 is 0 Å². The minimum atomic E-state index is -0.190. The molecule has 3 N–H and O–H groups in total. The van der Waals surface area contributed by atoms with Gasteiger partial charge in [-0.25, -0.2) is 0 Å². The number of nitrogens with one attached hydrogen (secondary N) is 1. The molecule has 1 amide bonds.